The van der Waals surface area contributed by atoms with Crippen molar-refractivity contribution in [3.05, 3.63) is 45.7 Å². The minimum absolute atomic E-state index is 0.0638. The average molecular weight is 456 g/mol. The van der Waals surface area contributed by atoms with E-state index in [2.05, 4.69) is 4.90 Å². The maximum absolute atomic E-state index is 13.3. The number of β-amino-alcohol motifs (C(OH)–C–C–N with tert-alkyl or cyclic N) is 2. The van der Waals surface area contributed by atoms with Crippen LogP contribution in [0.15, 0.2) is 23.4 Å². The Morgan fingerprint density at radius 2 is 1.79 bits per heavy atom. The van der Waals surface area contributed by atoms with Crippen LogP contribution in [0.2, 0.25) is 0 Å². The number of benzene rings is 1. The summed E-state index contributed by atoms with van der Waals surface area (Å²) < 4.78 is 10.1. The van der Waals surface area contributed by atoms with Gasteiger partial charge < -0.3 is 29.5 Å². The van der Waals surface area contributed by atoms with Crippen LogP contribution in [0.4, 0.5) is 0 Å². The number of piperidine rings is 1. The smallest absolute Gasteiger partial charge is 0.338 e. The van der Waals surface area contributed by atoms with E-state index in [1.165, 1.54) is 4.90 Å². The van der Waals surface area contributed by atoms with E-state index in [4.69, 9.17) is 9.47 Å². The molecule has 1 aromatic rings. The number of nitrogens with zero attached hydrogens (tertiary/aromatic N) is 2. The monoisotopic (exact) mass is 456 g/mol. The van der Waals surface area contributed by atoms with E-state index in [1.54, 1.807) is 19.1 Å². The molecule has 1 spiro atoms. The largest absolute Gasteiger partial charge is 0.457 e. The molecule has 2 atom stereocenters. The molecule has 5 rings (SSSR count). The number of esters is 2. The Morgan fingerprint density at radius 3 is 2.45 bits per heavy atom. The molecule has 2 N–H and O–H groups in total. The molecule has 176 valence electrons. The van der Waals surface area contributed by atoms with Gasteiger partial charge in [0.15, 0.2) is 0 Å². The Bertz CT molecular complexity index is 1070. The fraction of sp³-hybridized carbons (Fsp3) is 0.542. The first-order chi connectivity index (χ1) is 15.7. The zero-order valence-electron chi connectivity index (χ0n) is 18.8. The summed E-state index contributed by atoms with van der Waals surface area (Å²) in [6.45, 7) is 5.51. The normalized spacial score (nSPS) is 25.6. The van der Waals surface area contributed by atoms with Crippen LogP contribution in [0.25, 0.3) is 0 Å². The number of rotatable bonds is 4. The van der Waals surface area contributed by atoms with Gasteiger partial charge in [-0.2, -0.15) is 0 Å². The van der Waals surface area contributed by atoms with Crippen LogP contribution in [0.5, 0.6) is 0 Å². The van der Waals surface area contributed by atoms with E-state index in [-0.39, 0.29) is 31.6 Å². The van der Waals surface area contributed by atoms with Crippen molar-refractivity contribution >= 4 is 17.8 Å². The Labute approximate surface area is 191 Å². The SMILES string of the molecule is CC1=C(N2CC(O)C3(CCN(C[C@H](O)c4ccc5c(c4C)COC5=O)CC3)C2=O)COC1=O. The number of amides is 1. The van der Waals surface area contributed by atoms with Gasteiger partial charge in [-0.05, 0) is 57.0 Å². The number of likely N-dealkylation sites (tertiary alicyclic amines) is 2. The zero-order valence-corrected chi connectivity index (χ0v) is 18.8. The first-order valence-corrected chi connectivity index (χ1v) is 11.3. The van der Waals surface area contributed by atoms with Crippen LogP contribution in [0, 0.1) is 12.3 Å². The van der Waals surface area contributed by atoms with Crippen molar-refractivity contribution in [1.29, 1.82) is 0 Å². The minimum Gasteiger partial charge on any atom is -0.457 e. The molecule has 4 heterocycles. The van der Waals surface area contributed by atoms with Gasteiger partial charge in [0.25, 0.3) is 0 Å². The Balaban J connectivity index is 1.26. The van der Waals surface area contributed by atoms with Crippen LogP contribution in [-0.2, 0) is 25.7 Å². The second-order valence-electron chi connectivity index (χ2n) is 9.43. The van der Waals surface area contributed by atoms with Crippen LogP contribution in [0.1, 0.15) is 52.9 Å². The number of fused-ring (bicyclic) bond motifs is 1. The van der Waals surface area contributed by atoms with Crippen molar-refractivity contribution < 1.29 is 34.1 Å². The number of ether oxygens (including phenoxy) is 2. The molecular weight excluding hydrogens is 428 g/mol. The van der Waals surface area contributed by atoms with Crippen LogP contribution >= 0.6 is 0 Å². The van der Waals surface area contributed by atoms with Gasteiger partial charge >= 0.3 is 11.9 Å². The van der Waals surface area contributed by atoms with Crippen molar-refractivity contribution in [2.45, 2.75) is 45.5 Å². The molecule has 0 aromatic heterocycles. The van der Waals surface area contributed by atoms with Crippen LogP contribution in [0.3, 0.4) is 0 Å². The zero-order chi connectivity index (χ0) is 23.5. The molecule has 4 aliphatic rings. The van der Waals surface area contributed by atoms with E-state index < -0.39 is 23.6 Å². The van der Waals surface area contributed by atoms with Crippen molar-refractivity contribution in [2.24, 2.45) is 5.41 Å². The Kier molecular flexibility index (Phi) is 5.30. The second kappa shape index (κ2) is 7.93. The topological polar surface area (TPSA) is 117 Å². The third-order valence-corrected chi connectivity index (χ3v) is 7.82. The number of carbonyl (C=O) groups is 3. The third-order valence-electron chi connectivity index (χ3n) is 7.82. The summed E-state index contributed by atoms with van der Waals surface area (Å²) in [6, 6.07) is 3.48. The summed E-state index contributed by atoms with van der Waals surface area (Å²) >= 11 is 0. The van der Waals surface area contributed by atoms with Crippen molar-refractivity contribution in [2.75, 3.05) is 32.8 Å². The van der Waals surface area contributed by atoms with Gasteiger partial charge in [-0.3, -0.25) is 4.79 Å². The lowest BCUT2D eigenvalue weighted by Gasteiger charge is -2.40. The number of aliphatic hydroxyl groups excluding tert-OH is 2. The first kappa shape index (κ1) is 22.1. The minimum atomic E-state index is -0.873. The van der Waals surface area contributed by atoms with Gasteiger partial charge in [0, 0.05) is 12.1 Å². The fourth-order valence-corrected chi connectivity index (χ4v) is 5.58. The highest BCUT2D eigenvalue weighted by atomic mass is 16.5. The van der Waals surface area contributed by atoms with Crippen LogP contribution < -0.4 is 0 Å². The predicted molar refractivity (Wildman–Crippen MR) is 115 cm³/mol. The summed E-state index contributed by atoms with van der Waals surface area (Å²) in [5.41, 5.74) is 3.12. The highest BCUT2D eigenvalue weighted by molar-refractivity contribution is 5.95. The number of hydrogen-bond acceptors (Lipinski definition) is 8. The number of carbonyl (C=O) groups excluding carboxylic acids is 3. The predicted octanol–water partition coefficient (Wildman–Crippen LogP) is 0.815. The average Bonchev–Trinajstić information content (AvgIpc) is 3.41. The molecule has 9 heteroatoms. The summed E-state index contributed by atoms with van der Waals surface area (Å²) in [5.74, 6) is -0.902. The standard InChI is InChI=1S/C24H28N2O7/c1-13-15(3-4-16-17(13)11-32-22(16)30)19(27)9-25-7-5-24(6-8-25)20(28)10-26(23(24)31)18-12-33-21(29)14(18)2/h3-4,19-20,27-28H,5-12H2,1-2H3/t19-,20?/m0/s1. The molecule has 4 aliphatic heterocycles. The maximum Gasteiger partial charge on any atom is 0.338 e. The Hall–Kier alpha value is -2.75. The lowest BCUT2D eigenvalue weighted by molar-refractivity contribution is -0.141. The lowest BCUT2D eigenvalue weighted by atomic mass is 9.75. The molecule has 33 heavy (non-hydrogen) atoms. The Morgan fingerprint density at radius 1 is 1.09 bits per heavy atom. The number of hydrogen-bond donors (Lipinski definition) is 2. The van der Waals surface area contributed by atoms with Gasteiger partial charge in [-0.25, -0.2) is 9.59 Å². The van der Waals surface area contributed by atoms with Gasteiger partial charge in [-0.1, -0.05) is 6.07 Å². The molecule has 0 aliphatic carbocycles. The van der Waals surface area contributed by atoms with Crippen molar-refractivity contribution in [3.63, 3.8) is 0 Å². The molecule has 1 amide bonds. The van der Waals surface area contributed by atoms with E-state index in [1.807, 2.05) is 6.92 Å². The van der Waals surface area contributed by atoms with E-state index in [0.29, 0.717) is 49.3 Å². The fourth-order valence-electron chi connectivity index (χ4n) is 5.58. The summed E-state index contributed by atoms with van der Waals surface area (Å²) in [6.07, 6.45) is -0.606. The molecule has 1 aromatic carbocycles. The summed E-state index contributed by atoms with van der Waals surface area (Å²) in [5, 5.41) is 21.7. The molecule has 2 saturated heterocycles. The van der Waals surface area contributed by atoms with Crippen LogP contribution in [-0.4, -0.2) is 76.7 Å². The van der Waals surface area contributed by atoms with Gasteiger partial charge in [-0.15, -0.1) is 0 Å². The molecule has 0 saturated carbocycles. The molecule has 0 bridgehead atoms. The van der Waals surface area contributed by atoms with Crippen molar-refractivity contribution in [1.82, 2.24) is 9.80 Å². The molecular formula is C24H28N2O7. The van der Waals surface area contributed by atoms with Gasteiger partial charge in [0.2, 0.25) is 5.91 Å². The van der Waals surface area contributed by atoms with E-state index in [9.17, 15) is 24.6 Å². The quantitative estimate of drug-likeness (QED) is 0.640. The van der Waals surface area contributed by atoms with Gasteiger partial charge in [0.05, 0.1) is 41.0 Å². The van der Waals surface area contributed by atoms with Gasteiger partial charge in [0.1, 0.15) is 13.2 Å². The number of aliphatic hydroxyl groups is 2. The summed E-state index contributed by atoms with van der Waals surface area (Å²) in [4.78, 5) is 40.4. The number of cyclic esters (lactones) is 2. The highest BCUT2D eigenvalue weighted by Crippen LogP contribution is 2.44. The molecule has 9 nitrogen and oxygen atoms in total. The van der Waals surface area contributed by atoms with E-state index >= 15 is 0 Å². The highest BCUT2D eigenvalue weighted by Gasteiger charge is 2.56. The second-order valence-corrected chi connectivity index (χ2v) is 9.43. The van der Waals surface area contributed by atoms with E-state index in [0.717, 1.165) is 16.7 Å². The third kappa shape index (κ3) is 3.37. The lowest BCUT2D eigenvalue weighted by Crippen LogP contribution is -2.49. The molecule has 0 radical (unpaired) electrons. The van der Waals surface area contributed by atoms with Crippen molar-refractivity contribution in [3.8, 4) is 0 Å². The molecule has 2 fully saturated rings. The first-order valence-electron chi connectivity index (χ1n) is 11.3. The molecule has 1 unspecified atom stereocenters. The maximum atomic E-state index is 13.3. The summed E-state index contributed by atoms with van der Waals surface area (Å²) in [7, 11) is 0.